The Balaban J connectivity index is 3.01. The van der Waals surface area contributed by atoms with Crippen molar-refractivity contribution in [3.8, 4) is 0 Å². The summed E-state index contributed by atoms with van der Waals surface area (Å²) >= 11 is 0. The Labute approximate surface area is 92.3 Å². The third kappa shape index (κ3) is 2.32. The van der Waals surface area contributed by atoms with Gasteiger partial charge in [0.15, 0.2) is 0 Å². The van der Waals surface area contributed by atoms with Crippen molar-refractivity contribution >= 4 is 39.2 Å². The van der Waals surface area contributed by atoms with Gasteiger partial charge in [-0.2, -0.15) is 0 Å². The zero-order valence-corrected chi connectivity index (χ0v) is 10.1. The fourth-order valence-electron chi connectivity index (χ4n) is 2.08. The van der Waals surface area contributed by atoms with Gasteiger partial charge < -0.3 is 0 Å². The summed E-state index contributed by atoms with van der Waals surface area (Å²) in [6.07, 6.45) is 8.05. The average Bonchev–Trinajstić information content (AvgIpc) is 2.14. The van der Waals surface area contributed by atoms with Crippen molar-refractivity contribution in [1.82, 2.24) is 0 Å². The first-order valence-corrected chi connectivity index (χ1v) is 5.64. The summed E-state index contributed by atoms with van der Waals surface area (Å²) in [5, 5.41) is 0. The first-order valence-electron chi connectivity index (χ1n) is 5.64. The molecular weight excluding hydrogens is 162 g/mol. The monoisotopic (exact) mass is 180 g/mol. The highest BCUT2D eigenvalue weighted by atomic mass is 14.1. The number of rotatable bonds is 2. The van der Waals surface area contributed by atoms with Crippen molar-refractivity contribution in [2.75, 3.05) is 0 Å². The number of hydrogen-bond donors (Lipinski definition) is 0. The maximum Gasteiger partial charge on any atom is 0.139 e. The van der Waals surface area contributed by atoms with Gasteiger partial charge in [-0.15, -0.1) is 5.47 Å². The van der Waals surface area contributed by atoms with Gasteiger partial charge >= 0.3 is 0 Å². The van der Waals surface area contributed by atoms with Crippen LogP contribution in [0.3, 0.4) is 0 Å². The molecule has 0 saturated carbocycles. The predicted octanol–water partition coefficient (Wildman–Crippen LogP) is -2.15. The molecule has 0 N–H and O–H groups in total. The van der Waals surface area contributed by atoms with Gasteiger partial charge in [-0.1, -0.05) is 41.7 Å². The van der Waals surface area contributed by atoms with Gasteiger partial charge in [-0.3, -0.25) is 0 Å². The van der Waals surface area contributed by atoms with Gasteiger partial charge in [-0.25, -0.2) is 0 Å². The van der Waals surface area contributed by atoms with Gasteiger partial charge in [0.2, 0.25) is 0 Å². The molecule has 0 aromatic carbocycles. The van der Waals surface area contributed by atoms with Gasteiger partial charge in [0.25, 0.3) is 0 Å². The zero-order chi connectivity index (χ0) is 10.7. The Hall–Kier alpha value is -0.455. The molecule has 0 saturated heterocycles. The van der Waals surface area contributed by atoms with Crippen LogP contribution in [0, 0.1) is 0 Å². The molecule has 0 radical (unpaired) electrons. The van der Waals surface area contributed by atoms with E-state index in [0.29, 0.717) is 11.6 Å². The maximum absolute atomic E-state index is 2.40. The van der Waals surface area contributed by atoms with Crippen molar-refractivity contribution in [1.29, 1.82) is 0 Å². The summed E-state index contributed by atoms with van der Waals surface area (Å²) in [6, 6.07) is 0. The van der Waals surface area contributed by atoms with Crippen molar-refractivity contribution < 1.29 is 0 Å². The number of hydrogen-bond acceptors (Lipinski definition) is 0. The maximum atomic E-state index is 2.40. The van der Waals surface area contributed by atoms with Crippen LogP contribution in [0.15, 0.2) is 34.7 Å². The average molecular weight is 179 g/mol. The fraction of sp³-hybridized carbons (Fsp3) is 0.333. The summed E-state index contributed by atoms with van der Waals surface area (Å²) in [6.45, 7) is 0. The van der Waals surface area contributed by atoms with Crippen molar-refractivity contribution in [3.63, 3.8) is 0 Å². The van der Waals surface area contributed by atoms with Crippen molar-refractivity contribution in [3.05, 3.63) is 34.7 Å². The topological polar surface area (TPSA) is 0 Å². The van der Waals surface area contributed by atoms with Crippen LogP contribution in [0.1, 0.15) is 0 Å². The summed E-state index contributed by atoms with van der Waals surface area (Å²) in [4.78, 5) is 0. The zero-order valence-electron chi connectivity index (χ0n) is 10.1. The summed E-state index contributed by atoms with van der Waals surface area (Å²) in [5.41, 5.74) is 4.44. The van der Waals surface area contributed by atoms with E-state index >= 15 is 0 Å². The van der Waals surface area contributed by atoms with Crippen LogP contribution in [0.25, 0.3) is 0 Å². The van der Waals surface area contributed by atoms with E-state index in [1.165, 1.54) is 11.0 Å². The third-order valence-corrected chi connectivity index (χ3v) is 3.35. The Morgan fingerprint density at radius 2 is 1.93 bits per heavy atom. The summed E-state index contributed by atoms with van der Waals surface area (Å²) in [7, 11) is 11.3. The van der Waals surface area contributed by atoms with Gasteiger partial charge in [-0.05, 0) is 5.57 Å². The molecule has 0 amide bonds. The highest BCUT2D eigenvalue weighted by molar-refractivity contribution is 6.37. The van der Waals surface area contributed by atoms with Crippen LogP contribution in [-0.4, -0.2) is 39.2 Å². The molecule has 2 atom stereocenters. The largest absolute Gasteiger partial charge is 0.139 e. The molecule has 1 rings (SSSR count). The first-order chi connectivity index (χ1) is 6.57. The molecule has 0 aromatic heterocycles. The molecule has 1 aliphatic carbocycles. The van der Waals surface area contributed by atoms with Crippen LogP contribution in [-0.2, 0) is 0 Å². The smallest absolute Gasteiger partial charge is 0.108 e. The Bertz CT molecular complexity index is 302. The molecule has 0 nitrogen and oxygen atoms in total. The molecule has 0 spiro atoms. The van der Waals surface area contributed by atoms with Crippen molar-refractivity contribution in [2.45, 2.75) is 18.0 Å². The lowest BCUT2D eigenvalue weighted by atomic mass is 9.53. The molecule has 14 heavy (non-hydrogen) atoms. The minimum Gasteiger partial charge on any atom is -0.108 e. The lowest BCUT2D eigenvalue weighted by Crippen LogP contribution is -2.13. The Kier molecular flexibility index (Phi) is 4.03. The van der Waals surface area contributed by atoms with Crippen LogP contribution >= 0.6 is 0 Å². The molecule has 1 aliphatic rings. The Morgan fingerprint density at radius 3 is 2.50 bits per heavy atom. The second-order valence-corrected chi connectivity index (χ2v) is 4.40. The minimum absolute atomic E-state index is 0.689. The van der Waals surface area contributed by atoms with Gasteiger partial charge in [0.05, 0.1) is 0 Å². The van der Waals surface area contributed by atoms with Crippen LogP contribution in [0.4, 0.5) is 0 Å². The highest BCUT2D eigenvalue weighted by Gasteiger charge is 2.19. The first kappa shape index (κ1) is 11.6. The SMILES string of the molecule is BC/C=C/C1=C(B)C(B)C(B)C=C1B. The molecule has 0 heterocycles. The van der Waals surface area contributed by atoms with E-state index in [1.807, 2.05) is 0 Å². The van der Waals surface area contributed by atoms with E-state index < -0.39 is 0 Å². The van der Waals surface area contributed by atoms with E-state index in [2.05, 4.69) is 57.5 Å². The molecule has 0 fully saturated rings. The minimum atomic E-state index is 0.689. The summed E-state index contributed by atoms with van der Waals surface area (Å²) < 4.78 is 0. The summed E-state index contributed by atoms with van der Waals surface area (Å²) in [5.74, 6) is 1.38. The molecule has 2 unspecified atom stereocenters. The molecule has 68 valence electrons. The molecular formula is C9H17B5. The molecule has 0 aromatic rings. The molecule has 0 aliphatic heterocycles. The van der Waals surface area contributed by atoms with Gasteiger partial charge in [0.1, 0.15) is 39.2 Å². The fourth-order valence-corrected chi connectivity index (χ4v) is 2.08. The van der Waals surface area contributed by atoms with Gasteiger partial charge in [0, 0.05) is 0 Å². The molecule has 0 bridgehead atoms. The lowest BCUT2D eigenvalue weighted by Gasteiger charge is -2.27. The second-order valence-electron chi connectivity index (χ2n) is 4.40. The highest BCUT2D eigenvalue weighted by Crippen LogP contribution is 2.35. The van der Waals surface area contributed by atoms with E-state index in [9.17, 15) is 0 Å². The van der Waals surface area contributed by atoms with E-state index in [-0.39, 0.29) is 0 Å². The third-order valence-electron chi connectivity index (χ3n) is 3.35. The van der Waals surface area contributed by atoms with E-state index in [4.69, 9.17) is 0 Å². The second kappa shape index (κ2) is 4.86. The standard InChI is InChI=1S/C9H17B5/c10-3-1-2-5-6(11)4-7(12)9(14)8(5)13/h1-2,4,7,9H,3,10-14H2/b2-1+. The number of allylic oxidation sites excluding steroid dienone is 6. The van der Waals surface area contributed by atoms with Crippen LogP contribution in [0.2, 0.25) is 18.0 Å². The van der Waals surface area contributed by atoms with Crippen LogP contribution < -0.4 is 0 Å². The lowest BCUT2D eigenvalue weighted by molar-refractivity contribution is 0.985. The van der Waals surface area contributed by atoms with Crippen molar-refractivity contribution in [2.24, 2.45) is 0 Å². The predicted molar refractivity (Wildman–Crippen MR) is 79.3 cm³/mol. The van der Waals surface area contributed by atoms with E-state index in [1.54, 1.807) is 5.47 Å². The Morgan fingerprint density at radius 1 is 1.29 bits per heavy atom. The normalized spacial score (nSPS) is 28.1. The molecule has 5 heteroatoms. The van der Waals surface area contributed by atoms with E-state index in [0.717, 1.165) is 6.32 Å². The van der Waals surface area contributed by atoms with Crippen LogP contribution in [0.5, 0.6) is 0 Å². The quantitative estimate of drug-likeness (QED) is 0.424.